The molecule has 0 fully saturated rings. The van der Waals surface area contributed by atoms with E-state index in [1.165, 1.54) is 12.3 Å². The molecule has 2 atom stereocenters. The van der Waals surface area contributed by atoms with E-state index in [0.717, 1.165) is 67.6 Å². The molecule has 0 aliphatic rings. The summed E-state index contributed by atoms with van der Waals surface area (Å²) in [6.07, 6.45) is 12.0. The molecular formula is C62H72ClN5O5. The van der Waals surface area contributed by atoms with Crippen molar-refractivity contribution in [3.63, 3.8) is 0 Å². The summed E-state index contributed by atoms with van der Waals surface area (Å²) in [6.45, 7) is 30.2. The van der Waals surface area contributed by atoms with Gasteiger partial charge in [-0.15, -0.1) is 6.58 Å². The average molecular weight is 1000 g/mol. The first-order chi connectivity index (χ1) is 34.9. The Morgan fingerprint density at radius 3 is 1.97 bits per heavy atom. The Bertz CT molecular complexity index is 2900. The third kappa shape index (κ3) is 16.8. The highest BCUT2D eigenvalue weighted by atomic mass is 35.5. The molecule has 11 heteroatoms. The van der Waals surface area contributed by atoms with Crippen molar-refractivity contribution >= 4 is 17.4 Å². The van der Waals surface area contributed by atoms with Gasteiger partial charge in [0.25, 0.3) is 0 Å². The molecule has 5 aromatic rings. The number of allylic oxidation sites excluding steroid dienone is 3. The second kappa shape index (κ2) is 27.2. The zero-order valence-electron chi connectivity index (χ0n) is 44.4. The maximum atomic E-state index is 12.7. The van der Waals surface area contributed by atoms with E-state index in [-0.39, 0.29) is 43.1 Å². The van der Waals surface area contributed by atoms with Gasteiger partial charge in [0.05, 0.1) is 28.3 Å². The molecule has 1 aromatic heterocycles. The third-order valence-corrected chi connectivity index (χ3v) is 12.9. The standard InChI is InChI=1S/C62H72ClN5O5/c1-13-45(30-64)24-46(14-2)36-70-60-28-61(56(63)26-52(60)34-67-53(15-3)22-40(4)5)73-39-50-19-17-21-55(43(50)8)54-20-16-18-49(42(54)7)38-72-58-27-59(71-37-48-25-47(31-65)32-66-33-48)51(23-41(58)6)35-68-57(44(9)69)29-62(10,11)12/h13-21,23-28,32-33,40,53,57,67-68H,1,3,22,29,34-39H2,2,4-12H3/b45-24+,46-14+. The van der Waals surface area contributed by atoms with E-state index >= 15 is 0 Å². The van der Waals surface area contributed by atoms with Gasteiger partial charge in [0, 0.05) is 60.3 Å². The van der Waals surface area contributed by atoms with Crippen LogP contribution in [-0.4, -0.2) is 29.5 Å². The lowest BCUT2D eigenvalue weighted by Crippen LogP contribution is -2.38. The number of benzene rings is 4. The second-order valence-electron chi connectivity index (χ2n) is 20.1. The van der Waals surface area contributed by atoms with Gasteiger partial charge in [0.1, 0.15) is 61.3 Å². The molecular weight excluding hydrogens is 930 g/mol. The van der Waals surface area contributed by atoms with Gasteiger partial charge in [-0.2, -0.15) is 10.5 Å². The first kappa shape index (κ1) is 57.0. The number of aryl methyl sites for hydroxylation is 1. The number of rotatable bonds is 26. The molecule has 0 aliphatic carbocycles. The number of halogens is 1. The number of ketones is 1. The summed E-state index contributed by atoms with van der Waals surface area (Å²) < 4.78 is 26.0. The number of nitrogens with zero attached hydrogens (tertiary/aromatic N) is 3. The van der Waals surface area contributed by atoms with Gasteiger partial charge in [-0.3, -0.25) is 9.78 Å². The van der Waals surface area contributed by atoms with Crippen LogP contribution in [0.1, 0.15) is 111 Å². The summed E-state index contributed by atoms with van der Waals surface area (Å²) in [7, 11) is 0. The van der Waals surface area contributed by atoms with Gasteiger partial charge < -0.3 is 29.6 Å². The molecule has 73 heavy (non-hydrogen) atoms. The van der Waals surface area contributed by atoms with E-state index in [4.69, 9.17) is 30.5 Å². The van der Waals surface area contributed by atoms with Crippen molar-refractivity contribution in [2.75, 3.05) is 6.61 Å². The number of nitriles is 2. The Hall–Kier alpha value is -6.95. The maximum absolute atomic E-state index is 12.7. The highest BCUT2D eigenvalue weighted by Gasteiger charge is 2.23. The van der Waals surface area contributed by atoms with Crippen molar-refractivity contribution in [1.82, 2.24) is 15.6 Å². The Balaban J connectivity index is 1.38. The fourth-order valence-electron chi connectivity index (χ4n) is 8.40. The van der Waals surface area contributed by atoms with E-state index < -0.39 is 0 Å². The molecule has 1 heterocycles. The van der Waals surface area contributed by atoms with Crippen LogP contribution in [0.25, 0.3) is 11.1 Å². The van der Waals surface area contributed by atoms with Crippen LogP contribution >= 0.6 is 11.6 Å². The van der Waals surface area contributed by atoms with Crippen molar-refractivity contribution in [2.24, 2.45) is 11.3 Å². The minimum atomic E-state index is -0.315. The number of hydrogen-bond donors (Lipinski definition) is 2. The first-order valence-corrected chi connectivity index (χ1v) is 25.2. The predicted octanol–water partition coefficient (Wildman–Crippen LogP) is 14.1. The maximum Gasteiger partial charge on any atom is 0.146 e. The Morgan fingerprint density at radius 2 is 1.40 bits per heavy atom. The van der Waals surface area contributed by atoms with Crippen molar-refractivity contribution in [1.29, 1.82) is 10.5 Å². The van der Waals surface area contributed by atoms with Crippen LogP contribution in [0.4, 0.5) is 0 Å². The molecule has 5 rings (SSSR count). The van der Waals surface area contributed by atoms with Crippen LogP contribution in [0.15, 0.2) is 128 Å². The summed E-state index contributed by atoms with van der Waals surface area (Å²) >= 11 is 6.97. The Morgan fingerprint density at radius 1 is 0.795 bits per heavy atom. The van der Waals surface area contributed by atoms with Gasteiger partial charge in [-0.25, -0.2) is 0 Å². The van der Waals surface area contributed by atoms with Crippen LogP contribution in [0.5, 0.6) is 23.0 Å². The van der Waals surface area contributed by atoms with Crippen molar-refractivity contribution in [3.05, 3.63) is 183 Å². The van der Waals surface area contributed by atoms with Gasteiger partial charge in [0.2, 0.25) is 0 Å². The number of hydrogen-bond acceptors (Lipinski definition) is 10. The van der Waals surface area contributed by atoms with Gasteiger partial charge in [-0.05, 0) is 128 Å². The van der Waals surface area contributed by atoms with E-state index in [1.807, 2.05) is 56.3 Å². The quantitative estimate of drug-likeness (QED) is 0.0313. The monoisotopic (exact) mass is 1000 g/mol. The Kier molecular flexibility index (Phi) is 21.2. The first-order valence-electron chi connectivity index (χ1n) is 24.8. The topological polar surface area (TPSA) is 139 Å². The van der Waals surface area contributed by atoms with E-state index in [1.54, 1.807) is 25.3 Å². The minimum Gasteiger partial charge on any atom is -0.488 e. The predicted molar refractivity (Wildman–Crippen MR) is 295 cm³/mol. The lowest BCUT2D eigenvalue weighted by atomic mass is 9.87. The number of Topliss-reactive ketones (excluding diaryl/α,β-unsaturated/α-hetero) is 1. The van der Waals surface area contributed by atoms with E-state index in [2.05, 4.69) is 120 Å². The van der Waals surface area contributed by atoms with Crippen LogP contribution in [0.3, 0.4) is 0 Å². The van der Waals surface area contributed by atoms with Crippen molar-refractivity contribution < 1.29 is 23.7 Å². The third-order valence-electron chi connectivity index (χ3n) is 12.6. The molecule has 0 spiro atoms. The fourth-order valence-corrected chi connectivity index (χ4v) is 8.64. The molecule has 10 nitrogen and oxygen atoms in total. The van der Waals surface area contributed by atoms with Crippen LogP contribution in [-0.2, 0) is 37.7 Å². The normalized spacial score (nSPS) is 12.6. The van der Waals surface area contributed by atoms with Gasteiger partial charge in [-0.1, -0.05) is 107 Å². The van der Waals surface area contributed by atoms with Crippen LogP contribution in [0.2, 0.25) is 5.02 Å². The van der Waals surface area contributed by atoms with E-state index in [0.29, 0.717) is 71.2 Å². The molecule has 0 radical (unpaired) electrons. The number of aromatic nitrogens is 1. The highest BCUT2D eigenvalue weighted by molar-refractivity contribution is 6.32. The van der Waals surface area contributed by atoms with Crippen LogP contribution in [0, 0.1) is 54.8 Å². The Labute approximate surface area is 439 Å². The smallest absolute Gasteiger partial charge is 0.146 e. The van der Waals surface area contributed by atoms with Crippen molar-refractivity contribution in [2.45, 2.75) is 127 Å². The summed E-state index contributed by atoms with van der Waals surface area (Å²) in [5.74, 6) is 2.96. The average Bonchev–Trinajstić information content (AvgIpc) is 3.36. The number of nitrogens with one attached hydrogen (secondary N) is 2. The second-order valence-corrected chi connectivity index (χ2v) is 20.5. The van der Waals surface area contributed by atoms with Crippen molar-refractivity contribution in [3.8, 4) is 46.3 Å². The molecule has 2 unspecified atom stereocenters. The largest absolute Gasteiger partial charge is 0.488 e. The zero-order chi connectivity index (χ0) is 53.2. The minimum absolute atomic E-state index is 0.0425. The van der Waals surface area contributed by atoms with Gasteiger partial charge in [0.15, 0.2) is 0 Å². The molecule has 0 saturated carbocycles. The number of ether oxygens (including phenoxy) is 4. The number of carbonyl (C=O) groups excluding carboxylic acids is 1. The molecule has 0 bridgehead atoms. The highest BCUT2D eigenvalue weighted by Crippen LogP contribution is 2.37. The molecule has 382 valence electrons. The SMILES string of the molecule is C=C/C(C#N)=C\C(=C/C)COc1cc(OCc2cccc(-c3cccc(COc4cc(OCc5cncc(C#N)c5)c(CNC(CC(C)(C)C)C(C)=O)cc4C)c3C)c2C)c(Cl)cc1CNC(C=C)CC(C)C. The van der Waals surface area contributed by atoms with Crippen LogP contribution < -0.4 is 29.6 Å². The lowest BCUT2D eigenvalue weighted by Gasteiger charge is -2.26. The van der Waals surface area contributed by atoms with E-state index in [9.17, 15) is 15.3 Å². The number of pyridine rings is 1. The molecule has 4 aromatic carbocycles. The fraction of sp³-hybridized carbons (Fsp3) is 0.355. The lowest BCUT2D eigenvalue weighted by molar-refractivity contribution is -0.119. The number of carbonyl (C=O) groups is 1. The molecule has 2 N–H and O–H groups in total. The van der Waals surface area contributed by atoms with Gasteiger partial charge >= 0.3 is 0 Å². The zero-order valence-corrected chi connectivity index (χ0v) is 45.1. The molecule has 0 amide bonds. The molecule has 0 aliphatic heterocycles. The summed E-state index contributed by atoms with van der Waals surface area (Å²) in [4.78, 5) is 16.9. The summed E-state index contributed by atoms with van der Waals surface area (Å²) in [5.41, 5.74) is 11.5. The summed E-state index contributed by atoms with van der Waals surface area (Å²) in [6, 6.07) is 26.0. The molecule has 0 saturated heterocycles. The summed E-state index contributed by atoms with van der Waals surface area (Å²) in [5, 5.41) is 26.5.